The first kappa shape index (κ1) is 33.1. The van der Waals surface area contributed by atoms with E-state index in [4.69, 9.17) is 0 Å². The lowest BCUT2D eigenvalue weighted by Gasteiger charge is -2.27. The second kappa shape index (κ2) is 16.3. The van der Waals surface area contributed by atoms with Crippen LogP contribution in [0, 0.1) is 0 Å². The Labute approximate surface area is 303 Å². The van der Waals surface area contributed by atoms with E-state index in [2.05, 4.69) is 223 Å². The average molecular weight is 659 g/mol. The molecule has 0 spiro atoms. The highest BCUT2D eigenvalue weighted by Crippen LogP contribution is 2.32. The quantitative estimate of drug-likeness (QED) is 0.138. The molecule has 0 saturated heterocycles. The van der Waals surface area contributed by atoms with Gasteiger partial charge in [-0.3, -0.25) is 0 Å². The Balaban J connectivity index is 0.999. The van der Waals surface area contributed by atoms with Gasteiger partial charge in [0.2, 0.25) is 0 Å². The summed E-state index contributed by atoms with van der Waals surface area (Å²) in [6.45, 7) is 0. The van der Waals surface area contributed by atoms with Gasteiger partial charge in [-0.15, -0.1) is 0 Å². The summed E-state index contributed by atoms with van der Waals surface area (Å²) < 4.78 is 0. The summed E-state index contributed by atoms with van der Waals surface area (Å²) >= 11 is 0. The molecule has 7 rings (SSSR count). The summed E-state index contributed by atoms with van der Waals surface area (Å²) in [7, 11) is 2.10. The molecular formula is C49H42N2. The maximum Gasteiger partial charge on any atom is 0.0458 e. The molecule has 0 saturated carbocycles. The Bertz CT molecular complexity index is 2120. The molecule has 51 heavy (non-hydrogen) atoms. The van der Waals surface area contributed by atoms with Gasteiger partial charge in [-0.25, -0.2) is 0 Å². The fourth-order valence-electron chi connectivity index (χ4n) is 6.31. The average Bonchev–Trinajstić information content (AvgIpc) is 3.59. The normalized spacial score (nSPS) is 14.4. The van der Waals surface area contributed by atoms with E-state index < -0.39 is 0 Å². The van der Waals surface area contributed by atoms with Crippen molar-refractivity contribution in [3.8, 4) is 0 Å². The Kier molecular flexibility index (Phi) is 10.6. The van der Waals surface area contributed by atoms with Crippen molar-refractivity contribution in [2.45, 2.75) is 12.8 Å². The molecule has 0 aliphatic heterocycles. The Morgan fingerprint density at radius 1 is 0.431 bits per heavy atom. The van der Waals surface area contributed by atoms with Gasteiger partial charge in [0.15, 0.2) is 0 Å². The number of anilines is 4. The van der Waals surface area contributed by atoms with Crippen LogP contribution in [0.1, 0.15) is 29.5 Å². The van der Waals surface area contributed by atoms with E-state index in [-0.39, 0.29) is 0 Å². The van der Waals surface area contributed by atoms with Crippen LogP contribution < -0.4 is 9.80 Å². The largest absolute Gasteiger partial charge is 0.345 e. The van der Waals surface area contributed by atoms with Gasteiger partial charge in [-0.1, -0.05) is 158 Å². The summed E-state index contributed by atoms with van der Waals surface area (Å²) in [6.07, 6.45) is 28.4. The molecule has 0 radical (unpaired) electrons. The van der Waals surface area contributed by atoms with Crippen molar-refractivity contribution in [2.24, 2.45) is 0 Å². The van der Waals surface area contributed by atoms with Crippen LogP contribution in [0.25, 0.3) is 17.7 Å². The SMILES string of the molecule is CN(c1ccccc1)c1ccc(/C=C/c2ccc(C3=CC=C(/C=C/C4=CC=C(N(c5ccccc5)c5ccccc5)CC=C4)C=CC3)cc2)cc1. The number of rotatable bonds is 10. The third-order valence-electron chi connectivity index (χ3n) is 9.19. The van der Waals surface area contributed by atoms with Crippen molar-refractivity contribution in [3.63, 3.8) is 0 Å². The lowest BCUT2D eigenvalue weighted by atomic mass is 10.0. The lowest BCUT2D eigenvalue weighted by molar-refractivity contribution is 1.08. The molecule has 0 unspecified atom stereocenters. The first-order valence-corrected chi connectivity index (χ1v) is 17.6. The minimum atomic E-state index is 0.848. The zero-order valence-electron chi connectivity index (χ0n) is 29.0. The summed E-state index contributed by atoms with van der Waals surface area (Å²) in [5.41, 5.74) is 13.2. The minimum Gasteiger partial charge on any atom is -0.345 e. The number of hydrogen-bond acceptors (Lipinski definition) is 2. The van der Waals surface area contributed by atoms with E-state index in [1.165, 1.54) is 50.5 Å². The lowest BCUT2D eigenvalue weighted by Crippen LogP contribution is -2.15. The number of para-hydroxylation sites is 3. The molecule has 0 aromatic heterocycles. The fourth-order valence-corrected chi connectivity index (χ4v) is 6.31. The highest BCUT2D eigenvalue weighted by Gasteiger charge is 2.14. The van der Waals surface area contributed by atoms with Gasteiger partial charge in [0.25, 0.3) is 0 Å². The molecule has 0 amide bonds. The molecule has 0 heterocycles. The predicted octanol–water partition coefficient (Wildman–Crippen LogP) is 13.1. The van der Waals surface area contributed by atoms with Gasteiger partial charge in [-0.05, 0) is 94.4 Å². The third kappa shape index (κ3) is 8.62. The van der Waals surface area contributed by atoms with Crippen LogP contribution in [0.15, 0.2) is 217 Å². The van der Waals surface area contributed by atoms with Crippen LogP contribution in [-0.2, 0) is 0 Å². The highest BCUT2D eigenvalue weighted by atomic mass is 15.1. The first-order chi connectivity index (χ1) is 25.2. The molecule has 5 aromatic rings. The van der Waals surface area contributed by atoms with E-state index in [9.17, 15) is 0 Å². The second-order valence-electron chi connectivity index (χ2n) is 12.7. The summed E-state index contributed by atoms with van der Waals surface area (Å²) in [6, 6.07) is 49.1. The fraction of sp³-hybridized carbons (Fsp3) is 0.0612. The van der Waals surface area contributed by atoms with Gasteiger partial charge in [0.1, 0.15) is 0 Å². The van der Waals surface area contributed by atoms with E-state index in [0.29, 0.717) is 0 Å². The standard InChI is InChI=1S/C49H42N2/c1-50(45-16-5-2-6-17-45)46-36-30-42(31-37-46)26-25-41-28-34-44(35-29-41)43-15-11-13-39(27-33-43)23-24-40-14-12-22-49(38-32-40)51(47-18-7-3-8-19-47)48-20-9-4-10-21-48/h2-14,16-21,23-38H,15,22H2,1H3/b24-23+,26-25+. The van der Waals surface area contributed by atoms with Gasteiger partial charge in [0, 0.05) is 41.9 Å². The summed E-state index contributed by atoms with van der Waals surface area (Å²) in [5, 5.41) is 0. The van der Waals surface area contributed by atoms with Crippen LogP contribution >= 0.6 is 0 Å². The number of nitrogens with zero attached hydrogens (tertiary/aromatic N) is 2. The molecule has 0 atom stereocenters. The van der Waals surface area contributed by atoms with Crippen LogP contribution in [0.2, 0.25) is 0 Å². The molecule has 0 bridgehead atoms. The van der Waals surface area contributed by atoms with Crippen molar-refractivity contribution in [1.29, 1.82) is 0 Å². The summed E-state index contributed by atoms with van der Waals surface area (Å²) in [5.74, 6) is 0. The Morgan fingerprint density at radius 3 is 1.47 bits per heavy atom. The molecule has 2 aliphatic carbocycles. The molecule has 5 aromatic carbocycles. The second-order valence-corrected chi connectivity index (χ2v) is 12.7. The molecule has 2 aliphatic rings. The van der Waals surface area contributed by atoms with Gasteiger partial charge < -0.3 is 9.80 Å². The molecule has 0 fully saturated rings. The van der Waals surface area contributed by atoms with Gasteiger partial charge in [-0.2, -0.15) is 0 Å². The molecule has 248 valence electrons. The smallest absolute Gasteiger partial charge is 0.0458 e. The number of hydrogen-bond donors (Lipinski definition) is 0. The maximum absolute atomic E-state index is 2.34. The van der Waals surface area contributed by atoms with Gasteiger partial charge in [0.05, 0.1) is 0 Å². The molecule has 0 N–H and O–H groups in total. The zero-order valence-corrected chi connectivity index (χ0v) is 29.0. The van der Waals surface area contributed by atoms with Gasteiger partial charge >= 0.3 is 0 Å². The van der Waals surface area contributed by atoms with Crippen molar-refractivity contribution < 1.29 is 0 Å². The predicted molar refractivity (Wildman–Crippen MR) is 220 cm³/mol. The third-order valence-corrected chi connectivity index (χ3v) is 9.19. The van der Waals surface area contributed by atoms with E-state index in [1.54, 1.807) is 0 Å². The van der Waals surface area contributed by atoms with Crippen LogP contribution in [-0.4, -0.2) is 7.05 Å². The van der Waals surface area contributed by atoms with Crippen molar-refractivity contribution in [1.82, 2.24) is 0 Å². The highest BCUT2D eigenvalue weighted by molar-refractivity contribution is 5.75. The monoisotopic (exact) mass is 658 g/mol. The van der Waals surface area contributed by atoms with E-state index in [0.717, 1.165) is 24.2 Å². The van der Waals surface area contributed by atoms with Crippen LogP contribution in [0.5, 0.6) is 0 Å². The number of allylic oxidation sites excluding steroid dienone is 13. The molecule has 2 nitrogen and oxygen atoms in total. The van der Waals surface area contributed by atoms with Crippen molar-refractivity contribution in [3.05, 3.63) is 234 Å². The van der Waals surface area contributed by atoms with E-state index in [1.807, 2.05) is 6.07 Å². The molecule has 2 heteroatoms. The van der Waals surface area contributed by atoms with Crippen LogP contribution in [0.3, 0.4) is 0 Å². The van der Waals surface area contributed by atoms with E-state index >= 15 is 0 Å². The topological polar surface area (TPSA) is 6.48 Å². The maximum atomic E-state index is 2.34. The molecular weight excluding hydrogens is 617 g/mol. The number of benzene rings is 5. The van der Waals surface area contributed by atoms with Crippen LogP contribution in [0.4, 0.5) is 22.7 Å². The Hall–Kier alpha value is -6.38. The summed E-state index contributed by atoms with van der Waals surface area (Å²) in [4.78, 5) is 4.54. The minimum absolute atomic E-state index is 0.848. The van der Waals surface area contributed by atoms with Crippen molar-refractivity contribution >= 4 is 40.5 Å². The zero-order chi connectivity index (χ0) is 34.7. The Morgan fingerprint density at radius 2 is 0.902 bits per heavy atom. The first-order valence-electron chi connectivity index (χ1n) is 17.6. The van der Waals surface area contributed by atoms with Crippen molar-refractivity contribution in [2.75, 3.05) is 16.8 Å².